The maximum atomic E-state index is 15.3. The summed E-state index contributed by atoms with van der Waals surface area (Å²) in [4.78, 5) is 23.8. The summed E-state index contributed by atoms with van der Waals surface area (Å²) in [6.07, 6.45) is -2.85. The molecule has 2 aromatic carbocycles. The molecule has 1 aromatic heterocycles. The Bertz CT molecular complexity index is 1500. The number of hydrogen-bond acceptors (Lipinski definition) is 7. The molecule has 1 N–H and O–H groups in total. The minimum Gasteiger partial charge on any atom is -0.481 e. The third-order valence-corrected chi connectivity index (χ3v) is 8.54. The molecule has 3 fully saturated rings. The first kappa shape index (κ1) is 29.3. The van der Waals surface area contributed by atoms with Crippen LogP contribution < -0.4 is 15.0 Å². The lowest BCUT2D eigenvalue weighted by Gasteiger charge is -2.52. The molecule has 228 valence electrons. The summed E-state index contributed by atoms with van der Waals surface area (Å²) >= 11 is 0. The molecule has 1 amide bonds. The van der Waals surface area contributed by atoms with Crippen LogP contribution in [0.2, 0.25) is 0 Å². The number of alkyl halides is 3. The summed E-state index contributed by atoms with van der Waals surface area (Å²) in [5, 5.41) is 2.69. The second kappa shape index (κ2) is 11.7. The number of pyridine rings is 1. The van der Waals surface area contributed by atoms with Crippen molar-refractivity contribution < 1.29 is 31.8 Å². The first-order valence-corrected chi connectivity index (χ1v) is 14.2. The predicted molar refractivity (Wildman–Crippen MR) is 154 cm³/mol. The van der Waals surface area contributed by atoms with Crippen LogP contribution >= 0.6 is 0 Å². The molecule has 43 heavy (non-hydrogen) atoms. The number of anilines is 2. The van der Waals surface area contributed by atoms with Crippen molar-refractivity contribution in [1.29, 1.82) is 0 Å². The minimum absolute atomic E-state index is 0.256. The molecule has 3 aliphatic heterocycles. The predicted octanol–water partition coefficient (Wildman–Crippen LogP) is 4.89. The largest absolute Gasteiger partial charge is 0.481 e. The van der Waals surface area contributed by atoms with Crippen LogP contribution in [0.5, 0.6) is 5.88 Å². The normalized spacial score (nSPS) is 20.9. The molecular weight excluding hydrogens is 566 g/mol. The average molecular weight is 600 g/mol. The van der Waals surface area contributed by atoms with Crippen LogP contribution in [0.4, 0.5) is 28.9 Å². The molecule has 0 radical (unpaired) electrons. The number of rotatable bonds is 7. The van der Waals surface area contributed by atoms with Gasteiger partial charge in [0.15, 0.2) is 0 Å². The molecular formula is C31H33F4N5O3. The first-order chi connectivity index (χ1) is 20.6. The van der Waals surface area contributed by atoms with Crippen molar-refractivity contribution in [2.45, 2.75) is 31.2 Å². The molecule has 12 heteroatoms. The lowest BCUT2D eigenvalue weighted by molar-refractivity contribution is -0.138. The van der Waals surface area contributed by atoms with Crippen LogP contribution in [-0.2, 0) is 17.5 Å². The smallest absolute Gasteiger partial charge is 0.417 e. The Balaban J connectivity index is 1.34. The zero-order valence-electron chi connectivity index (χ0n) is 24.0. The quantitative estimate of drug-likeness (QED) is 0.388. The zero-order valence-corrected chi connectivity index (χ0v) is 24.0. The Kier molecular flexibility index (Phi) is 8.01. The highest BCUT2D eigenvalue weighted by atomic mass is 19.4. The van der Waals surface area contributed by atoms with Crippen LogP contribution in [0.15, 0.2) is 48.7 Å². The number of aromatic nitrogens is 1. The van der Waals surface area contributed by atoms with E-state index in [9.17, 15) is 18.0 Å². The molecule has 2 atom stereocenters. The molecule has 8 nitrogen and oxygen atoms in total. The molecule has 0 saturated carbocycles. The van der Waals surface area contributed by atoms with Crippen molar-refractivity contribution in [3.63, 3.8) is 0 Å². The molecule has 4 heterocycles. The van der Waals surface area contributed by atoms with Crippen molar-refractivity contribution >= 4 is 17.3 Å². The Morgan fingerprint density at radius 3 is 2.49 bits per heavy atom. The number of nitrogens with zero attached hydrogens (tertiary/aromatic N) is 4. The van der Waals surface area contributed by atoms with E-state index in [4.69, 9.17) is 9.47 Å². The first-order valence-electron chi connectivity index (χ1n) is 14.2. The highest BCUT2D eigenvalue weighted by Gasteiger charge is 2.42. The SMILES string of the molecule is COc1cc(C(F)(F)F)c(C(=O)Nc2cc(-c3cc(CN4C5COCC4C5)ccc3F)ccc2N2CCN(C)CC2)cn1. The number of amides is 1. The fourth-order valence-corrected chi connectivity index (χ4v) is 6.05. The van der Waals surface area contributed by atoms with Gasteiger partial charge in [0, 0.05) is 62.6 Å². The lowest BCUT2D eigenvalue weighted by atomic mass is 9.90. The van der Waals surface area contributed by atoms with Crippen molar-refractivity contribution in [3.8, 4) is 17.0 Å². The number of nitrogens with one attached hydrogen (secondary N) is 1. The maximum absolute atomic E-state index is 15.3. The average Bonchev–Trinajstić information content (AvgIpc) is 3.00. The Hall–Kier alpha value is -3.74. The molecule has 0 aliphatic carbocycles. The van der Waals surface area contributed by atoms with Crippen LogP contribution in [-0.4, -0.2) is 86.3 Å². The number of morpholine rings is 1. The van der Waals surface area contributed by atoms with Crippen LogP contribution in [0.3, 0.4) is 0 Å². The maximum Gasteiger partial charge on any atom is 0.417 e. The number of methoxy groups -OCH3 is 1. The van der Waals surface area contributed by atoms with E-state index in [-0.39, 0.29) is 11.6 Å². The Morgan fingerprint density at radius 2 is 1.81 bits per heavy atom. The Labute approximate surface area is 247 Å². The number of ether oxygens (including phenoxy) is 2. The summed E-state index contributed by atoms with van der Waals surface area (Å²) in [7, 11) is 3.21. The number of carbonyl (C=O) groups excluding carboxylic acids is 1. The number of halogens is 4. The molecule has 3 aliphatic rings. The van der Waals surface area contributed by atoms with Crippen molar-refractivity contribution in [2.24, 2.45) is 0 Å². The second-order valence-corrected chi connectivity index (χ2v) is 11.3. The van der Waals surface area contributed by atoms with Crippen LogP contribution in [0.25, 0.3) is 11.1 Å². The molecule has 2 unspecified atom stereocenters. The van der Waals surface area contributed by atoms with Gasteiger partial charge in [-0.05, 0) is 48.9 Å². The van der Waals surface area contributed by atoms with Gasteiger partial charge in [-0.3, -0.25) is 9.69 Å². The van der Waals surface area contributed by atoms with E-state index >= 15 is 4.39 Å². The van der Waals surface area contributed by atoms with Gasteiger partial charge < -0.3 is 24.6 Å². The fraction of sp³-hybridized carbons (Fsp3) is 0.419. The highest BCUT2D eigenvalue weighted by Crippen LogP contribution is 2.38. The van der Waals surface area contributed by atoms with Crippen LogP contribution in [0, 0.1) is 5.82 Å². The summed E-state index contributed by atoms with van der Waals surface area (Å²) in [6, 6.07) is 11.6. The summed E-state index contributed by atoms with van der Waals surface area (Å²) in [5.41, 5.74) is 0.932. The minimum atomic E-state index is -4.81. The number of likely N-dealkylation sites (N-methyl/N-ethyl adjacent to an activating group) is 1. The van der Waals surface area contributed by atoms with E-state index in [2.05, 4.69) is 25.0 Å². The molecule has 0 spiro atoms. The third-order valence-electron chi connectivity index (χ3n) is 8.54. The van der Waals surface area contributed by atoms with Gasteiger partial charge in [-0.15, -0.1) is 0 Å². The molecule has 3 saturated heterocycles. The zero-order chi connectivity index (χ0) is 30.3. The highest BCUT2D eigenvalue weighted by molar-refractivity contribution is 6.07. The van der Waals surface area contributed by atoms with E-state index in [1.54, 1.807) is 30.3 Å². The van der Waals surface area contributed by atoms with Gasteiger partial charge in [0.2, 0.25) is 5.88 Å². The number of hydrogen-bond donors (Lipinski definition) is 1. The van der Waals surface area contributed by atoms with Gasteiger partial charge in [-0.25, -0.2) is 9.37 Å². The van der Waals surface area contributed by atoms with E-state index in [0.29, 0.717) is 67.8 Å². The summed E-state index contributed by atoms with van der Waals surface area (Å²) in [6.45, 7) is 4.92. The van der Waals surface area contributed by atoms with Crippen molar-refractivity contribution in [2.75, 3.05) is 63.8 Å². The van der Waals surface area contributed by atoms with Crippen molar-refractivity contribution in [1.82, 2.24) is 14.8 Å². The molecule has 6 rings (SSSR count). The third kappa shape index (κ3) is 6.04. The van der Waals surface area contributed by atoms with E-state index in [1.165, 1.54) is 13.2 Å². The van der Waals surface area contributed by atoms with E-state index < -0.39 is 29.0 Å². The molecule has 3 aromatic rings. The summed E-state index contributed by atoms with van der Waals surface area (Å²) in [5.74, 6) is -1.66. The second-order valence-electron chi connectivity index (χ2n) is 11.3. The van der Waals surface area contributed by atoms with Gasteiger partial charge in [-0.1, -0.05) is 12.1 Å². The fourth-order valence-electron chi connectivity index (χ4n) is 6.05. The van der Waals surface area contributed by atoms with Gasteiger partial charge in [-0.2, -0.15) is 13.2 Å². The van der Waals surface area contributed by atoms with Gasteiger partial charge in [0.05, 0.1) is 42.8 Å². The molecule has 2 bridgehead atoms. The lowest BCUT2D eigenvalue weighted by Crippen LogP contribution is -2.62. The Morgan fingerprint density at radius 1 is 1.07 bits per heavy atom. The van der Waals surface area contributed by atoms with Crippen LogP contribution in [0.1, 0.15) is 27.9 Å². The monoisotopic (exact) mass is 599 g/mol. The summed E-state index contributed by atoms with van der Waals surface area (Å²) < 4.78 is 67.4. The topological polar surface area (TPSA) is 70.2 Å². The van der Waals surface area contributed by atoms with Gasteiger partial charge in [0.25, 0.3) is 5.91 Å². The van der Waals surface area contributed by atoms with Gasteiger partial charge in [0.1, 0.15) is 5.82 Å². The number of benzene rings is 2. The number of carbonyl (C=O) groups is 1. The number of fused-ring (bicyclic) bond motifs is 2. The van der Waals surface area contributed by atoms with Gasteiger partial charge >= 0.3 is 6.18 Å². The standard InChI is InChI=1S/C31H33F4N5O3/c1-38-7-9-39(10-8-38)28-6-4-20(23-11-19(3-5-26(23)32)16-40-21-13-22(40)18-43-17-21)12-27(28)37-30(41)24-15-36-29(42-2)14-25(24)31(33,34)35/h3-6,11-12,14-15,21-22H,7-10,13,16-18H2,1-2H3,(H,37,41). The van der Waals surface area contributed by atoms with Crippen molar-refractivity contribution in [3.05, 3.63) is 71.2 Å². The van der Waals surface area contributed by atoms with E-state index in [1.807, 2.05) is 7.05 Å². The number of piperazine rings is 1. The van der Waals surface area contributed by atoms with E-state index in [0.717, 1.165) is 31.3 Å².